The van der Waals surface area contributed by atoms with Crippen molar-refractivity contribution < 1.29 is 14.3 Å². The highest BCUT2D eigenvalue weighted by molar-refractivity contribution is 6.32. The zero-order valence-electron chi connectivity index (χ0n) is 15.2. The molecule has 0 amide bonds. The first kappa shape index (κ1) is 18.9. The lowest BCUT2D eigenvalue weighted by Gasteiger charge is -2.27. The van der Waals surface area contributed by atoms with Crippen molar-refractivity contribution in [3.8, 4) is 0 Å². The molecule has 7 heteroatoms. The predicted molar refractivity (Wildman–Crippen MR) is 103 cm³/mol. The summed E-state index contributed by atoms with van der Waals surface area (Å²) in [5.74, 6) is -0.372. The molecule has 1 aromatic heterocycles. The van der Waals surface area contributed by atoms with Crippen LogP contribution in [0.25, 0.3) is 10.9 Å². The number of pyridine rings is 1. The first-order valence-corrected chi connectivity index (χ1v) is 9.28. The number of carbonyl (C=O) groups excluding carboxylic acids is 1. The Labute approximate surface area is 158 Å². The minimum absolute atomic E-state index is 0.323. The molecule has 0 bridgehead atoms. The third kappa shape index (κ3) is 4.09. The van der Waals surface area contributed by atoms with E-state index in [1.54, 1.807) is 13.1 Å². The van der Waals surface area contributed by atoms with Crippen LogP contribution in [-0.4, -0.2) is 61.9 Å². The largest absolute Gasteiger partial charge is 0.462 e. The van der Waals surface area contributed by atoms with E-state index in [1.165, 1.54) is 0 Å². The van der Waals surface area contributed by atoms with Crippen molar-refractivity contribution in [3.63, 3.8) is 0 Å². The van der Waals surface area contributed by atoms with E-state index in [2.05, 4.69) is 15.2 Å². The number of morpholine rings is 1. The number of nitrogens with zero attached hydrogens (tertiary/aromatic N) is 2. The Hall–Kier alpha value is -1.89. The highest BCUT2D eigenvalue weighted by atomic mass is 35.5. The number of aryl methyl sites for hydroxylation is 1. The molecule has 0 saturated carbocycles. The number of aromatic nitrogens is 1. The smallest absolute Gasteiger partial charge is 0.341 e. The van der Waals surface area contributed by atoms with Gasteiger partial charge < -0.3 is 14.8 Å². The molecule has 0 atom stereocenters. The highest BCUT2D eigenvalue weighted by Gasteiger charge is 2.18. The van der Waals surface area contributed by atoms with Gasteiger partial charge in [-0.05, 0) is 31.5 Å². The maximum atomic E-state index is 12.4. The van der Waals surface area contributed by atoms with Crippen LogP contribution in [0.15, 0.2) is 18.3 Å². The van der Waals surface area contributed by atoms with Crippen LogP contribution in [0.1, 0.15) is 22.8 Å². The maximum Gasteiger partial charge on any atom is 0.341 e. The van der Waals surface area contributed by atoms with Gasteiger partial charge in [-0.15, -0.1) is 0 Å². The average molecular weight is 378 g/mol. The summed E-state index contributed by atoms with van der Waals surface area (Å²) in [6, 6.07) is 3.74. The van der Waals surface area contributed by atoms with E-state index in [9.17, 15) is 4.79 Å². The minimum atomic E-state index is -0.372. The third-order valence-electron chi connectivity index (χ3n) is 4.56. The normalized spacial score (nSPS) is 15.2. The zero-order chi connectivity index (χ0) is 18.5. The van der Waals surface area contributed by atoms with Crippen LogP contribution in [0.2, 0.25) is 5.02 Å². The molecule has 1 aliphatic rings. The number of carbonyl (C=O) groups is 1. The van der Waals surface area contributed by atoms with E-state index >= 15 is 0 Å². The van der Waals surface area contributed by atoms with Crippen molar-refractivity contribution in [2.24, 2.45) is 0 Å². The number of benzene rings is 1. The number of rotatable bonds is 6. The summed E-state index contributed by atoms with van der Waals surface area (Å²) < 4.78 is 10.6. The summed E-state index contributed by atoms with van der Waals surface area (Å²) in [6.07, 6.45) is 1.57. The standard InChI is InChI=1S/C19H24ClN3O3/c1-3-26-19(24)15-12-22-17-13(2)16(20)5-4-14(17)18(15)21-6-7-23-8-10-25-11-9-23/h4-5,12H,3,6-11H2,1-2H3,(H,21,22). The van der Waals surface area contributed by atoms with Gasteiger partial charge in [0.1, 0.15) is 5.56 Å². The van der Waals surface area contributed by atoms with Gasteiger partial charge in [0.15, 0.2) is 0 Å². The Balaban J connectivity index is 1.89. The second-order valence-electron chi connectivity index (χ2n) is 6.22. The molecule has 140 valence electrons. The summed E-state index contributed by atoms with van der Waals surface area (Å²) in [7, 11) is 0. The predicted octanol–water partition coefficient (Wildman–Crippen LogP) is 3.12. The van der Waals surface area contributed by atoms with E-state index in [-0.39, 0.29) is 5.97 Å². The molecular formula is C19H24ClN3O3. The molecule has 2 heterocycles. The Morgan fingerprint density at radius 3 is 2.88 bits per heavy atom. The number of hydrogen-bond donors (Lipinski definition) is 1. The van der Waals surface area contributed by atoms with Crippen LogP contribution in [0.5, 0.6) is 0 Å². The molecule has 1 aromatic carbocycles. The van der Waals surface area contributed by atoms with Crippen LogP contribution < -0.4 is 5.32 Å². The fourth-order valence-electron chi connectivity index (χ4n) is 3.10. The summed E-state index contributed by atoms with van der Waals surface area (Å²) in [5.41, 5.74) is 2.89. The van der Waals surface area contributed by atoms with Crippen molar-refractivity contribution in [1.82, 2.24) is 9.88 Å². The van der Waals surface area contributed by atoms with Crippen molar-refractivity contribution in [2.45, 2.75) is 13.8 Å². The SMILES string of the molecule is CCOC(=O)c1cnc2c(C)c(Cl)ccc2c1NCCN1CCOCC1. The Bertz CT molecular complexity index is 791. The second-order valence-corrected chi connectivity index (χ2v) is 6.62. The van der Waals surface area contributed by atoms with Crippen LogP contribution in [-0.2, 0) is 9.47 Å². The Kier molecular flexibility index (Phi) is 6.29. The Morgan fingerprint density at radius 2 is 2.15 bits per heavy atom. The van der Waals surface area contributed by atoms with Gasteiger partial charge in [0.25, 0.3) is 0 Å². The lowest BCUT2D eigenvalue weighted by atomic mass is 10.1. The Morgan fingerprint density at radius 1 is 1.38 bits per heavy atom. The summed E-state index contributed by atoms with van der Waals surface area (Å²) >= 11 is 6.23. The number of anilines is 1. The molecule has 0 spiro atoms. The van der Waals surface area contributed by atoms with Crippen molar-refractivity contribution >= 4 is 34.2 Å². The number of nitrogens with one attached hydrogen (secondary N) is 1. The van der Waals surface area contributed by atoms with E-state index in [4.69, 9.17) is 21.1 Å². The highest BCUT2D eigenvalue weighted by Crippen LogP contribution is 2.31. The third-order valence-corrected chi connectivity index (χ3v) is 4.96. The monoisotopic (exact) mass is 377 g/mol. The van der Waals surface area contributed by atoms with Gasteiger partial charge in [-0.2, -0.15) is 0 Å². The summed E-state index contributed by atoms with van der Waals surface area (Å²) in [4.78, 5) is 19.2. The van der Waals surface area contributed by atoms with Gasteiger partial charge >= 0.3 is 5.97 Å². The van der Waals surface area contributed by atoms with Crippen molar-refractivity contribution in [1.29, 1.82) is 0 Å². The lowest BCUT2D eigenvalue weighted by molar-refractivity contribution is 0.0398. The number of fused-ring (bicyclic) bond motifs is 1. The van der Waals surface area contributed by atoms with E-state index in [1.807, 2.05) is 19.1 Å². The van der Waals surface area contributed by atoms with Crippen molar-refractivity contribution in [3.05, 3.63) is 34.5 Å². The molecule has 1 aliphatic heterocycles. The summed E-state index contributed by atoms with van der Waals surface area (Å²) in [5, 5.41) is 4.96. The fraction of sp³-hybridized carbons (Fsp3) is 0.474. The van der Waals surface area contributed by atoms with Crippen molar-refractivity contribution in [2.75, 3.05) is 51.3 Å². The van der Waals surface area contributed by atoms with Crippen LogP contribution in [0.3, 0.4) is 0 Å². The lowest BCUT2D eigenvalue weighted by Crippen LogP contribution is -2.39. The zero-order valence-corrected chi connectivity index (χ0v) is 15.9. The molecule has 0 aliphatic carbocycles. The van der Waals surface area contributed by atoms with Gasteiger partial charge in [0, 0.05) is 42.8 Å². The molecule has 1 saturated heterocycles. The molecule has 2 aromatic rings. The molecule has 1 fully saturated rings. The van der Waals surface area contributed by atoms with Gasteiger partial charge in [-0.1, -0.05) is 11.6 Å². The first-order chi connectivity index (χ1) is 12.6. The number of ether oxygens (including phenoxy) is 2. The number of hydrogen-bond acceptors (Lipinski definition) is 6. The minimum Gasteiger partial charge on any atom is -0.462 e. The van der Waals surface area contributed by atoms with E-state index in [0.29, 0.717) is 23.7 Å². The maximum absolute atomic E-state index is 12.4. The molecule has 3 rings (SSSR count). The van der Waals surface area contributed by atoms with Gasteiger partial charge in [-0.25, -0.2) is 4.79 Å². The van der Waals surface area contributed by atoms with Gasteiger partial charge in [0.05, 0.1) is 31.0 Å². The topological polar surface area (TPSA) is 63.7 Å². The molecule has 0 radical (unpaired) electrons. The summed E-state index contributed by atoms with van der Waals surface area (Å²) in [6.45, 7) is 9.03. The molecular weight excluding hydrogens is 354 g/mol. The average Bonchev–Trinajstić information content (AvgIpc) is 2.66. The quantitative estimate of drug-likeness (QED) is 0.780. The first-order valence-electron chi connectivity index (χ1n) is 8.90. The van der Waals surface area contributed by atoms with E-state index < -0.39 is 0 Å². The molecule has 6 nitrogen and oxygen atoms in total. The second kappa shape index (κ2) is 8.66. The molecule has 26 heavy (non-hydrogen) atoms. The number of esters is 1. The van der Waals surface area contributed by atoms with Gasteiger partial charge in [-0.3, -0.25) is 9.88 Å². The van der Waals surface area contributed by atoms with Crippen LogP contribution in [0.4, 0.5) is 5.69 Å². The van der Waals surface area contributed by atoms with Crippen LogP contribution >= 0.6 is 11.6 Å². The fourth-order valence-corrected chi connectivity index (χ4v) is 3.25. The molecule has 1 N–H and O–H groups in total. The van der Waals surface area contributed by atoms with E-state index in [0.717, 1.165) is 55.0 Å². The van der Waals surface area contributed by atoms with Crippen LogP contribution in [0, 0.1) is 6.92 Å². The molecule has 0 unspecified atom stereocenters. The number of halogens is 1. The van der Waals surface area contributed by atoms with Gasteiger partial charge in [0.2, 0.25) is 0 Å².